The van der Waals surface area contributed by atoms with Crippen LogP contribution in [-0.2, 0) is 4.79 Å². The fourth-order valence-electron chi connectivity index (χ4n) is 3.77. The number of methoxy groups -OCH3 is 1. The van der Waals surface area contributed by atoms with E-state index in [0.717, 1.165) is 0 Å². The van der Waals surface area contributed by atoms with Crippen molar-refractivity contribution >= 4 is 33.8 Å². The van der Waals surface area contributed by atoms with Crippen molar-refractivity contribution in [2.75, 3.05) is 30.4 Å². The van der Waals surface area contributed by atoms with Gasteiger partial charge in [0.1, 0.15) is 5.69 Å². The van der Waals surface area contributed by atoms with Gasteiger partial charge in [-0.2, -0.15) is 0 Å². The third kappa shape index (κ3) is 4.54. The summed E-state index contributed by atoms with van der Waals surface area (Å²) >= 11 is 1.27. The summed E-state index contributed by atoms with van der Waals surface area (Å²) in [5.74, 6) is -0.660. The van der Waals surface area contributed by atoms with Crippen LogP contribution >= 0.6 is 11.3 Å². The van der Waals surface area contributed by atoms with Gasteiger partial charge in [0.05, 0.1) is 17.7 Å². The minimum absolute atomic E-state index is 0.0701. The molecule has 8 nitrogen and oxygen atoms in total. The van der Waals surface area contributed by atoms with Crippen LogP contribution in [0.1, 0.15) is 12.8 Å². The summed E-state index contributed by atoms with van der Waals surface area (Å²) < 4.78 is 18.9. The fraction of sp³-hybridized carbons (Fsp3) is 0.273. The Hall–Kier alpha value is -3.53. The largest absolute Gasteiger partial charge is 0.494 e. The Morgan fingerprint density at radius 2 is 2.03 bits per heavy atom. The number of nitrogens with zero attached hydrogens (tertiary/aromatic N) is 3. The van der Waals surface area contributed by atoms with Crippen LogP contribution in [0.25, 0.3) is 11.3 Å². The number of nitrogens with one attached hydrogen (secondary N) is 1. The maximum atomic E-state index is 14.0. The molecular formula is C22H21FN4O4S. The summed E-state index contributed by atoms with van der Waals surface area (Å²) in [6, 6.07) is 11.2. The highest BCUT2D eigenvalue weighted by Gasteiger charge is 2.28. The Labute approximate surface area is 187 Å². The second kappa shape index (κ2) is 9.31. The second-order valence-corrected chi connectivity index (χ2v) is 8.24. The first-order chi connectivity index (χ1) is 15.5. The van der Waals surface area contributed by atoms with Crippen LogP contribution in [0.2, 0.25) is 0 Å². The van der Waals surface area contributed by atoms with Gasteiger partial charge in [0.25, 0.3) is 5.69 Å². The Morgan fingerprint density at radius 3 is 2.72 bits per heavy atom. The van der Waals surface area contributed by atoms with Crippen molar-refractivity contribution < 1.29 is 18.8 Å². The van der Waals surface area contributed by atoms with Crippen LogP contribution in [0.5, 0.6) is 5.75 Å². The van der Waals surface area contributed by atoms with E-state index in [-0.39, 0.29) is 28.2 Å². The molecule has 1 saturated heterocycles. The zero-order valence-corrected chi connectivity index (χ0v) is 18.1. The number of hydrogen-bond acceptors (Lipinski definition) is 7. The molecule has 1 aromatic heterocycles. The second-order valence-electron chi connectivity index (χ2n) is 7.38. The Bertz CT molecular complexity index is 1140. The summed E-state index contributed by atoms with van der Waals surface area (Å²) in [6.07, 6.45) is 1.17. The molecule has 1 aliphatic rings. The first kappa shape index (κ1) is 21.7. The number of hydrogen-bond donors (Lipinski definition) is 1. The molecule has 1 amide bonds. The summed E-state index contributed by atoms with van der Waals surface area (Å²) in [7, 11) is 1.40. The van der Waals surface area contributed by atoms with Gasteiger partial charge in [-0.25, -0.2) is 9.37 Å². The van der Waals surface area contributed by atoms with Crippen molar-refractivity contribution in [1.29, 1.82) is 0 Å². The van der Waals surface area contributed by atoms with Crippen molar-refractivity contribution in [2.45, 2.75) is 12.8 Å². The molecule has 4 rings (SSSR count). The number of anilines is 2. The smallest absolute Gasteiger partial charge is 0.292 e. The molecule has 0 radical (unpaired) electrons. The first-order valence-electron chi connectivity index (χ1n) is 10.0. The predicted molar refractivity (Wildman–Crippen MR) is 121 cm³/mol. The van der Waals surface area contributed by atoms with E-state index >= 15 is 0 Å². The number of rotatable bonds is 6. The molecule has 10 heteroatoms. The lowest BCUT2D eigenvalue weighted by Gasteiger charge is -2.32. The molecule has 2 aromatic carbocycles. The molecule has 0 saturated carbocycles. The van der Waals surface area contributed by atoms with E-state index in [2.05, 4.69) is 10.3 Å². The quantitative estimate of drug-likeness (QED) is 0.426. The van der Waals surface area contributed by atoms with Crippen LogP contribution in [0.3, 0.4) is 0 Å². The Morgan fingerprint density at radius 1 is 1.28 bits per heavy atom. The Balaban J connectivity index is 1.37. The minimum atomic E-state index is -0.478. The third-order valence-electron chi connectivity index (χ3n) is 5.47. The SMILES string of the molecule is COc1ccc(-c2csc(NC(=O)C3CCN(c4ccccc4[N+](=O)[O-])CC3)n2)cc1F. The van der Waals surface area contributed by atoms with E-state index < -0.39 is 5.82 Å². The number of carbonyl (C=O) groups excluding carboxylic acids is 1. The van der Waals surface area contributed by atoms with Gasteiger partial charge in [-0.1, -0.05) is 12.1 Å². The number of amides is 1. The van der Waals surface area contributed by atoms with Gasteiger partial charge in [0.15, 0.2) is 16.7 Å². The van der Waals surface area contributed by atoms with Crippen LogP contribution in [0.4, 0.5) is 20.9 Å². The third-order valence-corrected chi connectivity index (χ3v) is 6.22. The minimum Gasteiger partial charge on any atom is -0.494 e. The number of nitro benzene ring substituents is 1. The number of carbonyl (C=O) groups is 1. The molecule has 0 unspecified atom stereocenters. The van der Waals surface area contributed by atoms with Gasteiger partial charge in [-0.05, 0) is 37.1 Å². The summed E-state index contributed by atoms with van der Waals surface area (Å²) in [5.41, 5.74) is 1.81. The van der Waals surface area contributed by atoms with E-state index in [4.69, 9.17) is 4.74 Å². The zero-order valence-electron chi connectivity index (χ0n) is 17.3. The fourth-order valence-corrected chi connectivity index (χ4v) is 4.49. The molecule has 1 N–H and O–H groups in total. The van der Waals surface area contributed by atoms with Crippen LogP contribution in [0, 0.1) is 21.8 Å². The molecule has 166 valence electrons. The molecule has 1 aliphatic heterocycles. The van der Waals surface area contributed by atoms with Gasteiger partial charge in [-0.15, -0.1) is 11.3 Å². The normalized spacial score (nSPS) is 14.2. The Kier molecular flexibility index (Phi) is 6.31. The number of thiazole rings is 1. The topological polar surface area (TPSA) is 97.6 Å². The van der Waals surface area contributed by atoms with Gasteiger partial charge in [0, 0.05) is 36.0 Å². The number of aromatic nitrogens is 1. The van der Waals surface area contributed by atoms with E-state index in [1.807, 2.05) is 4.90 Å². The lowest BCUT2D eigenvalue weighted by Crippen LogP contribution is -2.38. The predicted octanol–water partition coefficient (Wildman–Crippen LogP) is 4.72. The molecule has 1 fully saturated rings. The highest BCUT2D eigenvalue weighted by Crippen LogP contribution is 2.32. The van der Waals surface area contributed by atoms with E-state index in [9.17, 15) is 19.3 Å². The van der Waals surface area contributed by atoms with Gasteiger partial charge < -0.3 is 15.0 Å². The average molecular weight is 456 g/mol. The lowest BCUT2D eigenvalue weighted by atomic mass is 9.95. The standard InChI is InChI=1S/C22H21FN4O4S/c1-31-20-7-6-15(12-16(20)23)17-13-32-22(24-17)25-21(28)14-8-10-26(11-9-14)18-4-2-3-5-19(18)27(29)30/h2-7,12-14H,8-11H2,1H3,(H,24,25,28). The molecule has 32 heavy (non-hydrogen) atoms. The first-order valence-corrected chi connectivity index (χ1v) is 10.9. The highest BCUT2D eigenvalue weighted by atomic mass is 32.1. The average Bonchev–Trinajstić information content (AvgIpc) is 3.27. The number of halogens is 1. The molecule has 0 spiro atoms. The molecule has 0 aliphatic carbocycles. The molecular weight excluding hydrogens is 435 g/mol. The maximum Gasteiger partial charge on any atom is 0.292 e. The number of para-hydroxylation sites is 2. The molecule has 3 aromatic rings. The number of benzene rings is 2. The van der Waals surface area contributed by atoms with E-state index in [1.54, 1.807) is 29.6 Å². The lowest BCUT2D eigenvalue weighted by molar-refractivity contribution is -0.384. The molecule has 0 bridgehead atoms. The maximum absolute atomic E-state index is 14.0. The highest BCUT2D eigenvalue weighted by molar-refractivity contribution is 7.14. The summed E-state index contributed by atoms with van der Waals surface area (Å²) in [5, 5.41) is 16.3. The van der Waals surface area contributed by atoms with Gasteiger partial charge in [0.2, 0.25) is 5.91 Å². The monoisotopic (exact) mass is 456 g/mol. The summed E-state index contributed by atoms with van der Waals surface area (Å²) in [4.78, 5) is 30.0. The van der Waals surface area contributed by atoms with Crippen molar-refractivity contribution in [3.05, 3.63) is 63.8 Å². The van der Waals surface area contributed by atoms with Crippen LogP contribution < -0.4 is 15.0 Å². The molecule has 2 heterocycles. The van der Waals surface area contributed by atoms with Crippen molar-refractivity contribution in [1.82, 2.24) is 4.98 Å². The van der Waals surface area contributed by atoms with Gasteiger partial charge in [-0.3, -0.25) is 14.9 Å². The number of nitro groups is 1. The van der Waals surface area contributed by atoms with Crippen LogP contribution in [0.15, 0.2) is 47.8 Å². The van der Waals surface area contributed by atoms with Crippen LogP contribution in [-0.4, -0.2) is 36.0 Å². The van der Waals surface area contributed by atoms with Crippen molar-refractivity contribution in [3.63, 3.8) is 0 Å². The van der Waals surface area contributed by atoms with Crippen molar-refractivity contribution in [2.24, 2.45) is 5.92 Å². The number of piperidine rings is 1. The zero-order chi connectivity index (χ0) is 22.7. The van der Waals surface area contributed by atoms with E-state index in [0.29, 0.717) is 48.0 Å². The van der Waals surface area contributed by atoms with Gasteiger partial charge >= 0.3 is 0 Å². The van der Waals surface area contributed by atoms with E-state index in [1.165, 1.54) is 36.6 Å². The summed E-state index contributed by atoms with van der Waals surface area (Å²) in [6.45, 7) is 1.11. The molecule has 0 atom stereocenters. The number of ether oxygens (including phenoxy) is 1. The van der Waals surface area contributed by atoms with Crippen molar-refractivity contribution in [3.8, 4) is 17.0 Å².